The molecule has 0 atom stereocenters. The molecule has 0 bridgehead atoms. The molecule has 0 saturated heterocycles. The number of benzene rings is 2. The standard InChI is InChI=1S/C27H40N4/c28-18-9-23-31(24-10-21-29-19-7-16-26-12-3-1-4-13-26)25-11-22-30-20-8-17-27-14-5-2-6-15-27/h1-8,12-17,29-30H,9-11,18-25,28H2/b16-7+,17-8+. The molecule has 0 fully saturated rings. The topological polar surface area (TPSA) is 53.3 Å². The predicted molar refractivity (Wildman–Crippen MR) is 136 cm³/mol. The first kappa shape index (κ1) is 25.0. The third kappa shape index (κ3) is 12.9. The van der Waals surface area contributed by atoms with Crippen LogP contribution in [-0.2, 0) is 0 Å². The fourth-order valence-corrected chi connectivity index (χ4v) is 3.39. The lowest BCUT2D eigenvalue weighted by Gasteiger charge is -2.22. The summed E-state index contributed by atoms with van der Waals surface area (Å²) in [5.74, 6) is 0. The Labute approximate surface area is 189 Å². The lowest BCUT2D eigenvalue weighted by atomic mass is 10.2. The summed E-state index contributed by atoms with van der Waals surface area (Å²) in [5.41, 5.74) is 8.23. The van der Waals surface area contributed by atoms with E-state index in [1.54, 1.807) is 0 Å². The van der Waals surface area contributed by atoms with E-state index in [1.807, 2.05) is 12.1 Å². The Morgan fingerprint density at radius 3 is 1.55 bits per heavy atom. The van der Waals surface area contributed by atoms with Crippen LogP contribution in [0.5, 0.6) is 0 Å². The zero-order valence-corrected chi connectivity index (χ0v) is 18.9. The van der Waals surface area contributed by atoms with Crippen LogP contribution < -0.4 is 16.4 Å². The van der Waals surface area contributed by atoms with Crippen LogP contribution in [-0.4, -0.2) is 57.3 Å². The van der Waals surface area contributed by atoms with E-state index in [1.165, 1.54) is 11.1 Å². The molecule has 0 amide bonds. The summed E-state index contributed by atoms with van der Waals surface area (Å²) < 4.78 is 0. The summed E-state index contributed by atoms with van der Waals surface area (Å²) in [7, 11) is 0. The number of rotatable bonds is 17. The van der Waals surface area contributed by atoms with Gasteiger partial charge < -0.3 is 21.3 Å². The molecule has 0 unspecified atom stereocenters. The summed E-state index contributed by atoms with van der Waals surface area (Å²) in [6, 6.07) is 20.9. The average Bonchev–Trinajstić information content (AvgIpc) is 2.82. The maximum absolute atomic E-state index is 5.73. The highest BCUT2D eigenvalue weighted by molar-refractivity contribution is 5.49. The van der Waals surface area contributed by atoms with Gasteiger partial charge in [-0.1, -0.05) is 85.0 Å². The lowest BCUT2D eigenvalue weighted by molar-refractivity contribution is 0.264. The van der Waals surface area contributed by atoms with Gasteiger partial charge in [0.15, 0.2) is 0 Å². The van der Waals surface area contributed by atoms with Crippen LogP contribution in [0.2, 0.25) is 0 Å². The van der Waals surface area contributed by atoms with E-state index < -0.39 is 0 Å². The van der Waals surface area contributed by atoms with Crippen LogP contribution in [0.15, 0.2) is 72.8 Å². The van der Waals surface area contributed by atoms with E-state index >= 15 is 0 Å². The Morgan fingerprint density at radius 1 is 0.645 bits per heavy atom. The van der Waals surface area contributed by atoms with Gasteiger partial charge in [-0.05, 0) is 69.7 Å². The number of nitrogens with zero attached hydrogens (tertiary/aromatic N) is 1. The molecule has 0 aliphatic rings. The average molecular weight is 421 g/mol. The molecule has 0 aliphatic heterocycles. The zero-order valence-electron chi connectivity index (χ0n) is 18.9. The third-order valence-corrected chi connectivity index (χ3v) is 5.08. The highest BCUT2D eigenvalue weighted by atomic mass is 15.1. The molecule has 0 aromatic heterocycles. The van der Waals surface area contributed by atoms with Crippen molar-refractivity contribution < 1.29 is 0 Å². The van der Waals surface area contributed by atoms with Crippen molar-refractivity contribution in [3.05, 3.63) is 83.9 Å². The van der Waals surface area contributed by atoms with E-state index in [-0.39, 0.29) is 0 Å². The lowest BCUT2D eigenvalue weighted by Crippen LogP contribution is -2.32. The van der Waals surface area contributed by atoms with Crippen molar-refractivity contribution >= 4 is 12.2 Å². The molecule has 0 spiro atoms. The molecule has 168 valence electrons. The van der Waals surface area contributed by atoms with Crippen LogP contribution in [0.25, 0.3) is 12.2 Å². The maximum atomic E-state index is 5.73. The Bertz CT molecular complexity index is 653. The molecule has 4 heteroatoms. The van der Waals surface area contributed by atoms with Gasteiger partial charge in [-0.2, -0.15) is 0 Å². The van der Waals surface area contributed by atoms with Gasteiger partial charge >= 0.3 is 0 Å². The fourth-order valence-electron chi connectivity index (χ4n) is 3.39. The molecular formula is C27H40N4. The van der Waals surface area contributed by atoms with Crippen molar-refractivity contribution in [2.45, 2.75) is 19.3 Å². The summed E-state index contributed by atoms with van der Waals surface area (Å²) in [6.45, 7) is 8.03. The molecule has 2 rings (SSSR count). The second kappa shape index (κ2) is 17.4. The largest absolute Gasteiger partial charge is 0.330 e. The van der Waals surface area contributed by atoms with Gasteiger partial charge in [-0.15, -0.1) is 0 Å². The number of nitrogens with one attached hydrogen (secondary N) is 2. The number of nitrogens with two attached hydrogens (primary N) is 1. The first-order valence-corrected chi connectivity index (χ1v) is 11.7. The molecule has 2 aromatic carbocycles. The van der Waals surface area contributed by atoms with E-state index in [2.05, 4.69) is 88.4 Å². The van der Waals surface area contributed by atoms with Gasteiger partial charge in [0.1, 0.15) is 0 Å². The second-order valence-electron chi connectivity index (χ2n) is 7.73. The summed E-state index contributed by atoms with van der Waals surface area (Å²) >= 11 is 0. The van der Waals surface area contributed by atoms with E-state index in [0.29, 0.717) is 0 Å². The zero-order chi connectivity index (χ0) is 21.8. The van der Waals surface area contributed by atoms with E-state index in [4.69, 9.17) is 5.73 Å². The Hall–Kier alpha value is -2.24. The first-order chi connectivity index (χ1) is 15.4. The molecule has 0 radical (unpaired) electrons. The second-order valence-corrected chi connectivity index (χ2v) is 7.73. The van der Waals surface area contributed by atoms with Gasteiger partial charge in [0.05, 0.1) is 0 Å². The van der Waals surface area contributed by atoms with Crippen LogP contribution in [0.4, 0.5) is 0 Å². The molecular weight excluding hydrogens is 380 g/mol. The molecule has 4 nitrogen and oxygen atoms in total. The van der Waals surface area contributed by atoms with Crippen LogP contribution >= 0.6 is 0 Å². The summed E-state index contributed by atoms with van der Waals surface area (Å²) in [5, 5.41) is 7.03. The normalized spacial score (nSPS) is 11.8. The fraction of sp³-hybridized carbons (Fsp3) is 0.407. The molecule has 2 aromatic rings. The van der Waals surface area contributed by atoms with Crippen molar-refractivity contribution in [1.82, 2.24) is 15.5 Å². The van der Waals surface area contributed by atoms with E-state index in [0.717, 1.165) is 71.6 Å². The Kier molecular flexibility index (Phi) is 14.1. The van der Waals surface area contributed by atoms with Crippen molar-refractivity contribution in [3.63, 3.8) is 0 Å². The predicted octanol–water partition coefficient (Wildman–Crippen LogP) is 4.02. The van der Waals surface area contributed by atoms with Crippen molar-refractivity contribution in [3.8, 4) is 0 Å². The van der Waals surface area contributed by atoms with Gasteiger partial charge in [-0.25, -0.2) is 0 Å². The van der Waals surface area contributed by atoms with Gasteiger partial charge in [0.2, 0.25) is 0 Å². The smallest absolute Gasteiger partial charge is 0.0138 e. The highest BCUT2D eigenvalue weighted by Crippen LogP contribution is 2.01. The van der Waals surface area contributed by atoms with Crippen LogP contribution in [0.3, 0.4) is 0 Å². The van der Waals surface area contributed by atoms with Gasteiger partial charge in [0.25, 0.3) is 0 Å². The monoisotopic (exact) mass is 420 g/mol. The minimum absolute atomic E-state index is 0.765. The van der Waals surface area contributed by atoms with Gasteiger partial charge in [0, 0.05) is 13.1 Å². The molecule has 0 saturated carbocycles. The maximum Gasteiger partial charge on any atom is 0.0138 e. The third-order valence-electron chi connectivity index (χ3n) is 5.08. The van der Waals surface area contributed by atoms with Crippen molar-refractivity contribution in [2.75, 3.05) is 52.4 Å². The molecule has 0 heterocycles. The quantitative estimate of drug-likeness (QED) is 0.338. The molecule has 0 aliphatic carbocycles. The SMILES string of the molecule is NCCCN(CCCNC/C=C/c1ccccc1)CCCNC/C=C/c1ccccc1. The molecule has 4 N–H and O–H groups in total. The van der Waals surface area contributed by atoms with Crippen molar-refractivity contribution in [2.24, 2.45) is 5.73 Å². The van der Waals surface area contributed by atoms with E-state index in [9.17, 15) is 0 Å². The van der Waals surface area contributed by atoms with Gasteiger partial charge in [-0.3, -0.25) is 0 Å². The minimum atomic E-state index is 0.765. The molecule has 31 heavy (non-hydrogen) atoms. The highest BCUT2D eigenvalue weighted by Gasteiger charge is 2.03. The minimum Gasteiger partial charge on any atom is -0.330 e. The first-order valence-electron chi connectivity index (χ1n) is 11.7. The van der Waals surface area contributed by atoms with Crippen molar-refractivity contribution in [1.29, 1.82) is 0 Å². The summed E-state index contributed by atoms with van der Waals surface area (Å²) in [4.78, 5) is 2.55. The number of hydrogen-bond donors (Lipinski definition) is 3. The van der Waals surface area contributed by atoms with Crippen LogP contribution in [0.1, 0.15) is 30.4 Å². The Morgan fingerprint density at radius 2 is 1.10 bits per heavy atom. The summed E-state index contributed by atoms with van der Waals surface area (Å²) in [6.07, 6.45) is 12.1. The Balaban J connectivity index is 1.51. The van der Waals surface area contributed by atoms with Crippen LogP contribution in [0, 0.1) is 0 Å². The number of hydrogen-bond acceptors (Lipinski definition) is 4.